The van der Waals surface area contributed by atoms with Crippen molar-refractivity contribution in [3.8, 4) is 0 Å². The molecule has 0 amide bonds. The van der Waals surface area contributed by atoms with Crippen LogP contribution in [0.15, 0.2) is 18.2 Å². The van der Waals surface area contributed by atoms with Crippen molar-refractivity contribution in [3.63, 3.8) is 0 Å². The normalized spacial score (nSPS) is 12.7. The zero-order chi connectivity index (χ0) is 14.4. The number of rotatable bonds is 7. The molecule has 0 radical (unpaired) electrons. The topological polar surface area (TPSA) is 75.4 Å². The van der Waals surface area contributed by atoms with Gasteiger partial charge in [0, 0.05) is 35.8 Å². The number of benzene rings is 1. The van der Waals surface area contributed by atoms with Gasteiger partial charge in [0.05, 0.1) is 4.92 Å². The molecule has 1 unspecified atom stereocenters. The van der Waals surface area contributed by atoms with Gasteiger partial charge in [-0.3, -0.25) is 10.1 Å². The Morgan fingerprint density at radius 1 is 1.47 bits per heavy atom. The molecular weight excluding hydrogens is 268 g/mol. The minimum atomic E-state index is -0.413. The van der Waals surface area contributed by atoms with E-state index in [-0.39, 0.29) is 18.3 Å². The molecule has 1 atom stereocenters. The van der Waals surface area contributed by atoms with Crippen LogP contribution in [0.4, 0.5) is 5.69 Å². The smallest absolute Gasteiger partial charge is 0.273 e. The molecule has 0 spiro atoms. The van der Waals surface area contributed by atoms with E-state index in [9.17, 15) is 10.1 Å². The molecule has 0 saturated carbocycles. The van der Waals surface area contributed by atoms with Crippen LogP contribution in [0, 0.1) is 16.0 Å². The van der Waals surface area contributed by atoms with Gasteiger partial charge in [-0.2, -0.15) is 0 Å². The Balaban J connectivity index is 2.80. The van der Waals surface area contributed by atoms with E-state index in [1.54, 1.807) is 6.07 Å². The van der Waals surface area contributed by atoms with Gasteiger partial charge in [-0.15, -0.1) is 0 Å². The first-order valence-electron chi connectivity index (χ1n) is 6.22. The second-order valence-electron chi connectivity index (χ2n) is 4.77. The Hall–Kier alpha value is -1.17. The highest BCUT2D eigenvalue weighted by molar-refractivity contribution is 6.30. The fourth-order valence-electron chi connectivity index (χ4n) is 1.93. The summed E-state index contributed by atoms with van der Waals surface area (Å²) in [5, 5.41) is 23.6. The van der Waals surface area contributed by atoms with E-state index < -0.39 is 4.92 Å². The van der Waals surface area contributed by atoms with Crippen LogP contribution in [0.3, 0.4) is 0 Å². The molecule has 1 aromatic carbocycles. The summed E-state index contributed by atoms with van der Waals surface area (Å²) in [6.07, 6.45) is 0.617. The highest BCUT2D eigenvalue weighted by atomic mass is 35.5. The standard InChI is InChI=1S/C13H19ClN2O3/c1-9(2)12(5-6-17)15-8-10-7-11(14)3-4-13(10)16(18)19/h3-4,7,9,12,15,17H,5-6,8H2,1-2H3. The highest BCUT2D eigenvalue weighted by Crippen LogP contribution is 2.23. The third-order valence-corrected chi connectivity index (χ3v) is 3.27. The zero-order valence-corrected chi connectivity index (χ0v) is 11.9. The molecule has 0 heterocycles. The predicted molar refractivity (Wildman–Crippen MR) is 75.3 cm³/mol. The minimum absolute atomic E-state index is 0.0587. The third kappa shape index (κ3) is 4.78. The third-order valence-electron chi connectivity index (χ3n) is 3.04. The summed E-state index contributed by atoms with van der Waals surface area (Å²) in [5.74, 6) is 0.338. The van der Waals surface area contributed by atoms with Crippen LogP contribution in [0.2, 0.25) is 5.02 Å². The van der Waals surface area contributed by atoms with E-state index in [0.717, 1.165) is 0 Å². The van der Waals surface area contributed by atoms with Crippen molar-refractivity contribution in [2.75, 3.05) is 6.61 Å². The zero-order valence-electron chi connectivity index (χ0n) is 11.1. The lowest BCUT2D eigenvalue weighted by Gasteiger charge is -2.21. The second-order valence-corrected chi connectivity index (χ2v) is 5.21. The molecule has 0 bridgehead atoms. The number of hydrogen-bond acceptors (Lipinski definition) is 4. The summed E-state index contributed by atoms with van der Waals surface area (Å²) in [7, 11) is 0. The molecule has 106 valence electrons. The van der Waals surface area contributed by atoms with Crippen LogP contribution in [0.1, 0.15) is 25.8 Å². The summed E-state index contributed by atoms with van der Waals surface area (Å²) in [4.78, 5) is 10.5. The Morgan fingerprint density at radius 2 is 2.16 bits per heavy atom. The maximum Gasteiger partial charge on any atom is 0.273 e. The number of halogens is 1. The van der Waals surface area contributed by atoms with Crippen molar-refractivity contribution in [3.05, 3.63) is 38.9 Å². The van der Waals surface area contributed by atoms with Crippen molar-refractivity contribution in [1.29, 1.82) is 0 Å². The molecule has 19 heavy (non-hydrogen) atoms. The van der Waals surface area contributed by atoms with Crippen molar-refractivity contribution >= 4 is 17.3 Å². The summed E-state index contributed by atoms with van der Waals surface area (Å²) >= 11 is 5.87. The van der Waals surface area contributed by atoms with Crippen LogP contribution in [-0.4, -0.2) is 22.7 Å². The Bertz CT molecular complexity index is 438. The largest absolute Gasteiger partial charge is 0.396 e. The van der Waals surface area contributed by atoms with E-state index in [4.69, 9.17) is 16.7 Å². The molecule has 2 N–H and O–H groups in total. The van der Waals surface area contributed by atoms with E-state index in [1.165, 1.54) is 12.1 Å². The molecule has 0 saturated heterocycles. The number of aliphatic hydroxyl groups is 1. The number of nitrogens with zero attached hydrogens (tertiary/aromatic N) is 1. The minimum Gasteiger partial charge on any atom is -0.396 e. The highest BCUT2D eigenvalue weighted by Gasteiger charge is 2.17. The second kappa shape index (κ2) is 7.43. The average Bonchev–Trinajstić information content (AvgIpc) is 2.33. The molecule has 5 nitrogen and oxygen atoms in total. The number of nitrogens with one attached hydrogen (secondary N) is 1. The van der Waals surface area contributed by atoms with Gasteiger partial charge in [0.15, 0.2) is 0 Å². The molecule has 1 rings (SSSR count). The van der Waals surface area contributed by atoms with Crippen molar-refractivity contribution < 1.29 is 10.0 Å². The SMILES string of the molecule is CC(C)C(CCO)NCc1cc(Cl)ccc1[N+](=O)[O-]. The number of aliphatic hydroxyl groups excluding tert-OH is 1. The Morgan fingerprint density at radius 3 is 2.68 bits per heavy atom. The van der Waals surface area contributed by atoms with Gasteiger partial charge in [-0.1, -0.05) is 25.4 Å². The molecule has 1 aromatic rings. The fraction of sp³-hybridized carbons (Fsp3) is 0.538. The maximum absolute atomic E-state index is 10.9. The fourth-order valence-corrected chi connectivity index (χ4v) is 2.12. The molecule has 0 aliphatic carbocycles. The van der Waals surface area contributed by atoms with Gasteiger partial charge >= 0.3 is 0 Å². The van der Waals surface area contributed by atoms with Crippen molar-refractivity contribution in [2.45, 2.75) is 32.9 Å². The lowest BCUT2D eigenvalue weighted by Crippen LogP contribution is -2.34. The first kappa shape index (κ1) is 15.9. The van der Waals surface area contributed by atoms with Crippen LogP contribution in [-0.2, 0) is 6.54 Å². The average molecular weight is 287 g/mol. The first-order chi connectivity index (χ1) is 8.95. The van der Waals surface area contributed by atoms with Gasteiger partial charge < -0.3 is 10.4 Å². The molecule has 0 aromatic heterocycles. The van der Waals surface area contributed by atoms with Gasteiger partial charge in [0.1, 0.15) is 0 Å². The van der Waals surface area contributed by atoms with E-state index in [0.29, 0.717) is 29.5 Å². The van der Waals surface area contributed by atoms with Crippen molar-refractivity contribution in [2.24, 2.45) is 5.92 Å². The molecule has 0 fully saturated rings. The van der Waals surface area contributed by atoms with Gasteiger partial charge in [-0.05, 0) is 24.5 Å². The van der Waals surface area contributed by atoms with Crippen LogP contribution < -0.4 is 5.32 Å². The summed E-state index contributed by atoms with van der Waals surface area (Å²) < 4.78 is 0. The predicted octanol–water partition coefficient (Wildman–Crippen LogP) is 2.74. The monoisotopic (exact) mass is 286 g/mol. The number of nitro benzene ring substituents is 1. The van der Waals surface area contributed by atoms with Crippen LogP contribution in [0.5, 0.6) is 0 Å². The molecular formula is C13H19ClN2O3. The number of hydrogen-bond donors (Lipinski definition) is 2. The maximum atomic E-state index is 10.9. The molecule has 0 aliphatic rings. The van der Waals surface area contributed by atoms with Crippen LogP contribution in [0.25, 0.3) is 0 Å². The quantitative estimate of drug-likeness (QED) is 0.597. The summed E-state index contributed by atoms with van der Waals surface area (Å²) in [6, 6.07) is 4.64. The van der Waals surface area contributed by atoms with Gasteiger partial charge in [0.2, 0.25) is 0 Å². The van der Waals surface area contributed by atoms with Crippen LogP contribution >= 0.6 is 11.6 Å². The number of nitro groups is 1. The molecule has 0 aliphatic heterocycles. The molecule has 6 heteroatoms. The first-order valence-corrected chi connectivity index (χ1v) is 6.60. The van der Waals surface area contributed by atoms with Crippen molar-refractivity contribution in [1.82, 2.24) is 5.32 Å². The Kier molecular flexibility index (Phi) is 6.21. The lowest BCUT2D eigenvalue weighted by atomic mass is 10.0. The van der Waals surface area contributed by atoms with Gasteiger partial charge in [0.25, 0.3) is 5.69 Å². The summed E-state index contributed by atoms with van der Waals surface area (Å²) in [5.41, 5.74) is 0.615. The lowest BCUT2D eigenvalue weighted by molar-refractivity contribution is -0.385. The Labute approximate surface area is 117 Å². The van der Waals surface area contributed by atoms with Gasteiger partial charge in [-0.25, -0.2) is 0 Å². The summed E-state index contributed by atoms with van der Waals surface area (Å²) in [6.45, 7) is 4.53. The van der Waals surface area contributed by atoms with E-state index >= 15 is 0 Å². The van der Waals surface area contributed by atoms with E-state index in [1.807, 2.05) is 13.8 Å². The van der Waals surface area contributed by atoms with E-state index in [2.05, 4.69) is 5.32 Å².